The number of aryl methyl sites for hydroxylation is 1. The van der Waals surface area contributed by atoms with E-state index in [2.05, 4.69) is 36.9 Å². The average Bonchev–Trinajstić information content (AvgIpc) is 2.58. The Balaban J connectivity index is 2.13. The van der Waals surface area contributed by atoms with Crippen LogP contribution in [0.5, 0.6) is 0 Å². The molecule has 1 rings (SSSR count). The normalized spacial score (nSPS) is 13.1. The molecule has 0 bridgehead atoms. The van der Waals surface area contributed by atoms with Crippen LogP contribution in [0.15, 0.2) is 11.4 Å². The number of thioether (sulfide) groups is 1. The summed E-state index contributed by atoms with van der Waals surface area (Å²) >= 11 is 3.78. The molecule has 0 aliphatic heterocycles. The number of nitrogens with one attached hydrogen (secondary N) is 1. The Bertz CT molecular complexity index is 258. The molecule has 3 heteroatoms. The summed E-state index contributed by atoms with van der Waals surface area (Å²) in [5.41, 5.74) is 1.42. The van der Waals surface area contributed by atoms with Crippen molar-refractivity contribution < 1.29 is 0 Å². The Morgan fingerprint density at radius 1 is 1.57 bits per heavy atom. The van der Waals surface area contributed by atoms with Crippen molar-refractivity contribution in [1.29, 1.82) is 0 Å². The lowest BCUT2D eigenvalue weighted by Crippen LogP contribution is -2.17. The van der Waals surface area contributed by atoms with Crippen LogP contribution in [0.3, 0.4) is 0 Å². The van der Waals surface area contributed by atoms with Crippen LogP contribution in [0.25, 0.3) is 0 Å². The lowest BCUT2D eigenvalue weighted by Gasteiger charge is -2.08. The highest BCUT2D eigenvalue weighted by molar-refractivity contribution is 7.99. The second-order valence-corrected chi connectivity index (χ2v) is 5.82. The molecule has 0 amide bonds. The molecule has 0 saturated heterocycles. The first-order chi connectivity index (χ1) is 6.74. The monoisotopic (exact) mass is 229 g/mol. The standard InChI is InChI=1S/C11H19NS2/c1-9-5-7-14-11(9)8-12-6-4-10(2)13-3/h5,7,10,12H,4,6,8H2,1-3H3. The fourth-order valence-electron chi connectivity index (χ4n) is 1.21. The summed E-state index contributed by atoms with van der Waals surface area (Å²) in [6, 6.07) is 2.19. The fourth-order valence-corrected chi connectivity index (χ4v) is 2.44. The van der Waals surface area contributed by atoms with Crippen molar-refractivity contribution in [3.05, 3.63) is 21.9 Å². The minimum Gasteiger partial charge on any atom is -0.312 e. The van der Waals surface area contributed by atoms with Crippen LogP contribution in [-0.4, -0.2) is 18.1 Å². The molecule has 1 nitrogen and oxygen atoms in total. The maximum absolute atomic E-state index is 3.49. The second kappa shape index (κ2) is 6.49. The van der Waals surface area contributed by atoms with Crippen molar-refractivity contribution in [2.75, 3.05) is 12.8 Å². The van der Waals surface area contributed by atoms with Gasteiger partial charge in [0.25, 0.3) is 0 Å². The van der Waals surface area contributed by atoms with Crippen LogP contribution in [0.4, 0.5) is 0 Å². The molecule has 1 heterocycles. The van der Waals surface area contributed by atoms with Gasteiger partial charge in [-0.2, -0.15) is 11.8 Å². The minimum absolute atomic E-state index is 0.770. The molecular weight excluding hydrogens is 210 g/mol. The van der Waals surface area contributed by atoms with Gasteiger partial charge < -0.3 is 5.32 Å². The summed E-state index contributed by atoms with van der Waals surface area (Å²) in [5.74, 6) is 0. The molecule has 0 aliphatic carbocycles. The Kier molecular flexibility index (Phi) is 5.60. The van der Waals surface area contributed by atoms with E-state index in [0.29, 0.717) is 0 Å². The largest absolute Gasteiger partial charge is 0.312 e. The minimum atomic E-state index is 0.770. The smallest absolute Gasteiger partial charge is 0.0302 e. The summed E-state index contributed by atoms with van der Waals surface area (Å²) in [4.78, 5) is 1.47. The van der Waals surface area contributed by atoms with Crippen molar-refractivity contribution in [2.24, 2.45) is 0 Å². The van der Waals surface area contributed by atoms with Gasteiger partial charge in [-0.3, -0.25) is 0 Å². The first-order valence-electron chi connectivity index (χ1n) is 5.00. The summed E-state index contributed by atoms with van der Waals surface area (Å²) in [6.07, 6.45) is 3.43. The first kappa shape index (κ1) is 12.1. The summed E-state index contributed by atoms with van der Waals surface area (Å²) < 4.78 is 0. The molecule has 80 valence electrons. The lowest BCUT2D eigenvalue weighted by atomic mass is 10.3. The van der Waals surface area contributed by atoms with E-state index in [1.54, 1.807) is 0 Å². The van der Waals surface area contributed by atoms with Crippen LogP contribution >= 0.6 is 23.1 Å². The van der Waals surface area contributed by atoms with Gasteiger partial charge in [0.15, 0.2) is 0 Å². The fraction of sp³-hybridized carbons (Fsp3) is 0.636. The number of hydrogen-bond acceptors (Lipinski definition) is 3. The Morgan fingerprint density at radius 3 is 2.93 bits per heavy atom. The number of thiophene rings is 1. The van der Waals surface area contributed by atoms with Crippen molar-refractivity contribution in [3.8, 4) is 0 Å². The summed E-state index contributed by atoms with van der Waals surface area (Å²) in [5, 5.41) is 6.42. The Hall–Kier alpha value is 0.0100. The molecule has 1 atom stereocenters. The van der Waals surface area contributed by atoms with Gasteiger partial charge in [0.1, 0.15) is 0 Å². The predicted molar refractivity (Wildman–Crippen MR) is 68.4 cm³/mol. The molecule has 0 spiro atoms. The van der Waals surface area contributed by atoms with E-state index in [1.165, 1.54) is 16.9 Å². The number of hydrogen-bond donors (Lipinski definition) is 1. The van der Waals surface area contributed by atoms with Gasteiger partial charge in [-0.15, -0.1) is 11.3 Å². The molecule has 1 N–H and O–H groups in total. The van der Waals surface area contributed by atoms with Gasteiger partial charge in [-0.05, 0) is 43.2 Å². The van der Waals surface area contributed by atoms with Crippen LogP contribution in [0.1, 0.15) is 23.8 Å². The molecule has 14 heavy (non-hydrogen) atoms. The molecule has 1 aromatic rings. The molecule has 0 aliphatic rings. The van der Waals surface area contributed by atoms with E-state index in [4.69, 9.17) is 0 Å². The highest BCUT2D eigenvalue weighted by Crippen LogP contribution is 2.15. The van der Waals surface area contributed by atoms with E-state index >= 15 is 0 Å². The van der Waals surface area contributed by atoms with Crippen LogP contribution < -0.4 is 5.32 Å². The van der Waals surface area contributed by atoms with Gasteiger partial charge in [0.05, 0.1) is 0 Å². The van der Waals surface area contributed by atoms with Gasteiger partial charge in [0.2, 0.25) is 0 Å². The highest BCUT2D eigenvalue weighted by atomic mass is 32.2. The third kappa shape index (κ3) is 4.03. The predicted octanol–water partition coefficient (Wildman–Crippen LogP) is 3.29. The van der Waals surface area contributed by atoms with Crippen molar-refractivity contribution >= 4 is 23.1 Å². The van der Waals surface area contributed by atoms with E-state index in [1.807, 2.05) is 23.1 Å². The maximum Gasteiger partial charge on any atom is 0.0302 e. The molecule has 1 unspecified atom stereocenters. The van der Waals surface area contributed by atoms with Gasteiger partial charge in [-0.1, -0.05) is 6.92 Å². The van der Waals surface area contributed by atoms with Crippen LogP contribution in [0.2, 0.25) is 0 Å². The topological polar surface area (TPSA) is 12.0 Å². The maximum atomic E-state index is 3.49. The molecule has 0 aromatic carbocycles. The highest BCUT2D eigenvalue weighted by Gasteiger charge is 2.00. The molecule has 1 aromatic heterocycles. The first-order valence-corrected chi connectivity index (χ1v) is 7.17. The van der Waals surface area contributed by atoms with Crippen LogP contribution in [-0.2, 0) is 6.54 Å². The zero-order chi connectivity index (χ0) is 10.4. The Labute approximate surface area is 95.3 Å². The zero-order valence-corrected chi connectivity index (χ0v) is 10.8. The van der Waals surface area contributed by atoms with Gasteiger partial charge in [0, 0.05) is 16.7 Å². The van der Waals surface area contributed by atoms with E-state index in [-0.39, 0.29) is 0 Å². The van der Waals surface area contributed by atoms with Crippen molar-refractivity contribution in [2.45, 2.75) is 32.1 Å². The molecular formula is C11H19NS2. The van der Waals surface area contributed by atoms with Crippen molar-refractivity contribution in [3.63, 3.8) is 0 Å². The SMILES string of the molecule is CSC(C)CCNCc1sccc1C. The Morgan fingerprint density at radius 2 is 2.36 bits per heavy atom. The van der Waals surface area contributed by atoms with Gasteiger partial charge >= 0.3 is 0 Å². The lowest BCUT2D eigenvalue weighted by molar-refractivity contribution is 0.651. The van der Waals surface area contributed by atoms with Crippen molar-refractivity contribution in [1.82, 2.24) is 5.32 Å². The van der Waals surface area contributed by atoms with E-state index < -0.39 is 0 Å². The summed E-state index contributed by atoms with van der Waals surface area (Å²) in [6.45, 7) is 6.62. The summed E-state index contributed by atoms with van der Waals surface area (Å²) in [7, 11) is 0. The zero-order valence-electron chi connectivity index (χ0n) is 9.17. The van der Waals surface area contributed by atoms with E-state index in [9.17, 15) is 0 Å². The molecule has 0 saturated carbocycles. The van der Waals surface area contributed by atoms with Crippen LogP contribution in [0, 0.1) is 6.92 Å². The average molecular weight is 229 g/mol. The second-order valence-electron chi connectivity index (χ2n) is 3.54. The number of rotatable bonds is 6. The third-order valence-corrected chi connectivity index (χ3v) is 4.45. The third-order valence-electron chi connectivity index (χ3n) is 2.38. The molecule has 0 fully saturated rings. The quantitative estimate of drug-likeness (QED) is 0.751. The van der Waals surface area contributed by atoms with E-state index in [0.717, 1.165) is 18.3 Å². The molecule has 0 radical (unpaired) electrons. The van der Waals surface area contributed by atoms with Gasteiger partial charge in [-0.25, -0.2) is 0 Å².